The van der Waals surface area contributed by atoms with Gasteiger partial charge in [0, 0.05) is 25.4 Å². The standard InChI is InChI=1S/C20H27N5O4/c1-5-17(26)25-10-14(7-6-13(25)3)29-16-9-22-19-18(24-16)15(8-21-19)20(27)23-12(2)11-28-4/h5,8-9,12-14H,1,6-7,10-11H2,2-4H3,(H,21,22)(H,23,27)/t12-,13+,14-/m0/s1. The molecular formula is C20H27N5O4. The van der Waals surface area contributed by atoms with Gasteiger partial charge in [-0.1, -0.05) is 6.58 Å². The van der Waals surface area contributed by atoms with E-state index in [1.807, 2.05) is 13.8 Å². The highest BCUT2D eigenvalue weighted by molar-refractivity contribution is 6.04. The molecule has 0 aromatic carbocycles. The van der Waals surface area contributed by atoms with Gasteiger partial charge in [0.15, 0.2) is 5.65 Å². The molecule has 3 rings (SSSR count). The fourth-order valence-corrected chi connectivity index (χ4v) is 3.46. The van der Waals surface area contributed by atoms with E-state index in [1.165, 1.54) is 12.3 Å². The summed E-state index contributed by atoms with van der Waals surface area (Å²) in [6.07, 6.45) is 5.85. The number of hydrogen-bond acceptors (Lipinski definition) is 6. The van der Waals surface area contributed by atoms with Crippen molar-refractivity contribution in [2.75, 3.05) is 20.3 Å². The molecule has 29 heavy (non-hydrogen) atoms. The quantitative estimate of drug-likeness (QED) is 0.683. The molecule has 1 aliphatic rings. The fraction of sp³-hybridized carbons (Fsp3) is 0.500. The molecule has 3 atom stereocenters. The number of aromatic nitrogens is 3. The molecule has 0 radical (unpaired) electrons. The molecule has 2 aromatic heterocycles. The number of nitrogens with zero attached hydrogens (tertiary/aromatic N) is 3. The Hall–Kier alpha value is -2.94. The number of rotatable bonds is 7. The van der Waals surface area contributed by atoms with Gasteiger partial charge in [0.05, 0.1) is 24.9 Å². The van der Waals surface area contributed by atoms with Gasteiger partial charge in [0.25, 0.3) is 5.91 Å². The zero-order chi connectivity index (χ0) is 21.0. The van der Waals surface area contributed by atoms with Gasteiger partial charge >= 0.3 is 0 Å². The Kier molecular flexibility index (Phi) is 6.48. The van der Waals surface area contributed by atoms with Crippen LogP contribution in [0.15, 0.2) is 25.0 Å². The van der Waals surface area contributed by atoms with Gasteiger partial charge in [0.2, 0.25) is 11.8 Å². The van der Waals surface area contributed by atoms with E-state index in [0.29, 0.717) is 35.8 Å². The van der Waals surface area contributed by atoms with E-state index in [1.54, 1.807) is 18.2 Å². The zero-order valence-electron chi connectivity index (χ0n) is 17.0. The first-order valence-electron chi connectivity index (χ1n) is 9.66. The first kappa shape index (κ1) is 20.8. The van der Waals surface area contributed by atoms with Crippen molar-refractivity contribution in [3.63, 3.8) is 0 Å². The van der Waals surface area contributed by atoms with E-state index in [-0.39, 0.29) is 30.0 Å². The molecule has 0 bridgehead atoms. The third-order valence-corrected chi connectivity index (χ3v) is 4.98. The average molecular weight is 401 g/mol. The van der Waals surface area contributed by atoms with Crippen molar-refractivity contribution in [1.29, 1.82) is 0 Å². The number of hydrogen-bond donors (Lipinski definition) is 2. The number of methoxy groups -OCH3 is 1. The number of likely N-dealkylation sites (tertiary alicyclic amines) is 1. The highest BCUT2D eigenvalue weighted by atomic mass is 16.5. The summed E-state index contributed by atoms with van der Waals surface area (Å²) in [5.41, 5.74) is 1.33. The SMILES string of the molecule is C=CC(=O)N1C[C@@H](Oc2cnc3[nH]cc(C(=O)N[C@@H](C)COC)c3n2)CC[C@H]1C. The van der Waals surface area contributed by atoms with Gasteiger partial charge in [-0.15, -0.1) is 0 Å². The van der Waals surface area contributed by atoms with E-state index in [9.17, 15) is 9.59 Å². The normalized spacial score (nSPS) is 20.3. The first-order chi connectivity index (χ1) is 13.9. The molecule has 1 saturated heterocycles. The molecule has 0 saturated carbocycles. The number of carbonyl (C=O) groups is 2. The van der Waals surface area contributed by atoms with Crippen molar-refractivity contribution in [2.45, 2.75) is 44.9 Å². The number of ether oxygens (including phenoxy) is 2. The summed E-state index contributed by atoms with van der Waals surface area (Å²) in [5.74, 6) is -0.0507. The van der Waals surface area contributed by atoms with E-state index >= 15 is 0 Å². The lowest BCUT2D eigenvalue weighted by Crippen LogP contribution is -2.48. The maximum atomic E-state index is 12.5. The summed E-state index contributed by atoms with van der Waals surface area (Å²) < 4.78 is 11.0. The lowest BCUT2D eigenvalue weighted by atomic mass is 10.0. The molecule has 1 fully saturated rings. The number of aromatic amines is 1. The summed E-state index contributed by atoms with van der Waals surface area (Å²) in [6, 6.07) is 0.00503. The topological polar surface area (TPSA) is 109 Å². The van der Waals surface area contributed by atoms with E-state index in [4.69, 9.17) is 9.47 Å². The average Bonchev–Trinajstić information content (AvgIpc) is 3.12. The summed E-state index contributed by atoms with van der Waals surface area (Å²) in [6.45, 7) is 8.30. The van der Waals surface area contributed by atoms with E-state index in [2.05, 4.69) is 26.8 Å². The Balaban J connectivity index is 1.75. The van der Waals surface area contributed by atoms with Crippen molar-refractivity contribution in [2.24, 2.45) is 0 Å². The number of amides is 2. The van der Waals surface area contributed by atoms with Crippen LogP contribution in [0.25, 0.3) is 11.2 Å². The van der Waals surface area contributed by atoms with Crippen LogP contribution in [-0.2, 0) is 9.53 Å². The Morgan fingerprint density at radius 1 is 1.48 bits per heavy atom. The van der Waals surface area contributed by atoms with Crippen LogP contribution >= 0.6 is 0 Å². The number of fused-ring (bicyclic) bond motifs is 1. The molecule has 156 valence electrons. The highest BCUT2D eigenvalue weighted by Crippen LogP contribution is 2.23. The van der Waals surface area contributed by atoms with Crippen molar-refractivity contribution in [3.8, 4) is 5.88 Å². The number of H-pyrrole nitrogens is 1. The number of nitrogens with one attached hydrogen (secondary N) is 2. The van der Waals surface area contributed by atoms with Crippen LogP contribution in [0.4, 0.5) is 0 Å². The van der Waals surface area contributed by atoms with Gasteiger partial charge in [-0.3, -0.25) is 9.59 Å². The van der Waals surface area contributed by atoms with Crippen LogP contribution in [0.2, 0.25) is 0 Å². The van der Waals surface area contributed by atoms with Crippen molar-refractivity contribution in [3.05, 3.63) is 30.6 Å². The van der Waals surface area contributed by atoms with Crippen molar-refractivity contribution >= 4 is 23.0 Å². The van der Waals surface area contributed by atoms with E-state index in [0.717, 1.165) is 12.8 Å². The highest BCUT2D eigenvalue weighted by Gasteiger charge is 2.29. The number of piperidine rings is 1. The maximum absolute atomic E-state index is 12.5. The third-order valence-electron chi connectivity index (χ3n) is 4.98. The molecule has 2 aromatic rings. The van der Waals surface area contributed by atoms with E-state index < -0.39 is 0 Å². The molecule has 9 nitrogen and oxygen atoms in total. The minimum Gasteiger partial charge on any atom is -0.471 e. The molecular weight excluding hydrogens is 374 g/mol. The van der Waals surface area contributed by atoms with Crippen LogP contribution in [0.1, 0.15) is 37.0 Å². The van der Waals surface area contributed by atoms with Crippen LogP contribution in [0.3, 0.4) is 0 Å². The Labute approximate surface area is 169 Å². The second-order valence-corrected chi connectivity index (χ2v) is 7.30. The summed E-state index contributed by atoms with van der Waals surface area (Å²) in [4.78, 5) is 38.1. The van der Waals surface area contributed by atoms with Crippen molar-refractivity contribution in [1.82, 2.24) is 25.2 Å². The smallest absolute Gasteiger partial charge is 0.255 e. The summed E-state index contributed by atoms with van der Waals surface area (Å²) >= 11 is 0. The molecule has 1 aliphatic heterocycles. The molecule has 0 spiro atoms. The summed E-state index contributed by atoms with van der Waals surface area (Å²) in [5, 5.41) is 2.86. The molecule has 0 aliphatic carbocycles. The predicted octanol–water partition coefficient (Wildman–Crippen LogP) is 1.67. The maximum Gasteiger partial charge on any atom is 0.255 e. The first-order valence-corrected chi connectivity index (χ1v) is 9.66. The van der Waals surface area contributed by atoms with Crippen LogP contribution in [0, 0.1) is 0 Å². The second-order valence-electron chi connectivity index (χ2n) is 7.30. The van der Waals surface area contributed by atoms with Gasteiger partial charge in [0.1, 0.15) is 11.6 Å². The van der Waals surface area contributed by atoms with Crippen LogP contribution in [-0.4, -0.2) is 70.1 Å². The minimum atomic E-state index is -0.263. The van der Waals surface area contributed by atoms with Gasteiger partial charge < -0.3 is 24.7 Å². The molecule has 2 amide bonds. The number of carbonyl (C=O) groups excluding carboxylic acids is 2. The minimum absolute atomic E-state index is 0.109. The van der Waals surface area contributed by atoms with Crippen LogP contribution in [0.5, 0.6) is 5.88 Å². The van der Waals surface area contributed by atoms with Crippen molar-refractivity contribution < 1.29 is 19.1 Å². The molecule has 2 N–H and O–H groups in total. The Morgan fingerprint density at radius 3 is 3.00 bits per heavy atom. The zero-order valence-corrected chi connectivity index (χ0v) is 17.0. The fourth-order valence-electron chi connectivity index (χ4n) is 3.46. The Bertz CT molecular complexity index is 896. The van der Waals surface area contributed by atoms with Gasteiger partial charge in [-0.05, 0) is 32.8 Å². The van der Waals surface area contributed by atoms with Gasteiger partial charge in [-0.2, -0.15) is 0 Å². The van der Waals surface area contributed by atoms with Gasteiger partial charge in [-0.25, -0.2) is 9.97 Å². The van der Waals surface area contributed by atoms with Crippen LogP contribution < -0.4 is 10.1 Å². The Morgan fingerprint density at radius 2 is 2.28 bits per heavy atom. The lowest BCUT2D eigenvalue weighted by molar-refractivity contribution is -0.131. The molecule has 9 heteroatoms. The molecule has 3 heterocycles. The predicted molar refractivity (Wildman–Crippen MR) is 108 cm³/mol. The molecule has 0 unspecified atom stereocenters. The second kappa shape index (κ2) is 9.04. The largest absolute Gasteiger partial charge is 0.471 e. The summed E-state index contributed by atoms with van der Waals surface area (Å²) in [7, 11) is 1.58. The lowest BCUT2D eigenvalue weighted by Gasteiger charge is -2.37. The monoisotopic (exact) mass is 401 g/mol. The third kappa shape index (κ3) is 4.73.